The summed E-state index contributed by atoms with van der Waals surface area (Å²) in [5.74, 6) is -1.22. The van der Waals surface area contributed by atoms with E-state index in [-0.39, 0.29) is 24.3 Å². The van der Waals surface area contributed by atoms with Crippen LogP contribution >= 0.6 is 11.3 Å². The van der Waals surface area contributed by atoms with Crippen LogP contribution in [0.25, 0.3) is 10.6 Å². The van der Waals surface area contributed by atoms with E-state index in [2.05, 4.69) is 10.3 Å². The summed E-state index contributed by atoms with van der Waals surface area (Å²) in [4.78, 5) is 27.4. The van der Waals surface area contributed by atoms with Gasteiger partial charge in [0.1, 0.15) is 11.3 Å². The lowest BCUT2D eigenvalue weighted by atomic mass is 10.1. The summed E-state index contributed by atoms with van der Waals surface area (Å²) in [5, 5.41) is 14.5. The molecule has 1 aliphatic carbocycles. The Morgan fingerprint density at radius 1 is 1.45 bits per heavy atom. The molecular formula is C15H16N2O4S. The molecule has 2 N–H and O–H groups in total. The number of thiazole rings is 1. The van der Waals surface area contributed by atoms with Gasteiger partial charge in [0, 0.05) is 17.0 Å². The topological polar surface area (TPSA) is 92.4 Å². The molecule has 116 valence electrons. The van der Waals surface area contributed by atoms with Crippen molar-refractivity contribution in [3.8, 4) is 10.6 Å². The summed E-state index contributed by atoms with van der Waals surface area (Å²) < 4.78 is 5.02. The van der Waals surface area contributed by atoms with Crippen molar-refractivity contribution in [2.75, 3.05) is 0 Å². The summed E-state index contributed by atoms with van der Waals surface area (Å²) >= 11 is 1.47. The van der Waals surface area contributed by atoms with Gasteiger partial charge < -0.3 is 14.8 Å². The summed E-state index contributed by atoms with van der Waals surface area (Å²) in [6.07, 6.45) is 5.28. The molecule has 2 heterocycles. The van der Waals surface area contributed by atoms with Crippen molar-refractivity contribution in [2.24, 2.45) is 5.92 Å². The SMILES string of the molecule is O=C(Cc1csc(-c2ccoc2)n1)N[C@H]1CC[C@@H](C(=O)O)C1. The highest BCUT2D eigenvalue weighted by atomic mass is 32.1. The van der Waals surface area contributed by atoms with Crippen molar-refractivity contribution >= 4 is 23.2 Å². The zero-order valence-corrected chi connectivity index (χ0v) is 12.6. The predicted molar refractivity (Wildman–Crippen MR) is 80.4 cm³/mol. The Balaban J connectivity index is 1.53. The number of carbonyl (C=O) groups is 2. The first-order valence-electron chi connectivity index (χ1n) is 7.11. The van der Waals surface area contributed by atoms with Crippen molar-refractivity contribution < 1.29 is 19.1 Å². The average molecular weight is 320 g/mol. The maximum absolute atomic E-state index is 12.0. The van der Waals surface area contributed by atoms with Crippen LogP contribution in [0.4, 0.5) is 0 Å². The Labute approximate surface area is 131 Å². The van der Waals surface area contributed by atoms with Gasteiger partial charge >= 0.3 is 5.97 Å². The van der Waals surface area contributed by atoms with Crippen LogP contribution in [0, 0.1) is 5.92 Å². The zero-order chi connectivity index (χ0) is 15.5. The number of aromatic nitrogens is 1. The predicted octanol–water partition coefficient (Wildman–Crippen LogP) is 2.32. The Kier molecular flexibility index (Phi) is 4.24. The van der Waals surface area contributed by atoms with Crippen LogP contribution in [0.15, 0.2) is 28.4 Å². The minimum absolute atomic E-state index is 0.0411. The van der Waals surface area contributed by atoms with Crippen molar-refractivity contribution in [1.82, 2.24) is 10.3 Å². The number of hydrogen-bond donors (Lipinski definition) is 2. The van der Waals surface area contributed by atoms with E-state index in [9.17, 15) is 9.59 Å². The van der Waals surface area contributed by atoms with E-state index in [0.29, 0.717) is 18.5 Å². The van der Waals surface area contributed by atoms with Crippen molar-refractivity contribution in [3.05, 3.63) is 29.7 Å². The van der Waals surface area contributed by atoms with Gasteiger partial charge in [0.2, 0.25) is 5.91 Å². The lowest BCUT2D eigenvalue weighted by molar-refractivity contribution is -0.141. The summed E-state index contributed by atoms with van der Waals surface area (Å²) in [6, 6.07) is 1.79. The second kappa shape index (κ2) is 6.31. The number of nitrogens with zero attached hydrogens (tertiary/aromatic N) is 1. The van der Waals surface area contributed by atoms with Gasteiger partial charge in [-0.15, -0.1) is 11.3 Å². The van der Waals surface area contributed by atoms with E-state index in [1.807, 2.05) is 11.4 Å². The second-order valence-corrected chi connectivity index (χ2v) is 6.30. The van der Waals surface area contributed by atoms with Gasteiger partial charge in [-0.2, -0.15) is 0 Å². The Morgan fingerprint density at radius 3 is 3.00 bits per heavy atom. The fourth-order valence-electron chi connectivity index (χ4n) is 2.69. The largest absolute Gasteiger partial charge is 0.481 e. The molecule has 3 rings (SSSR count). The minimum atomic E-state index is -0.777. The zero-order valence-electron chi connectivity index (χ0n) is 11.8. The van der Waals surface area contributed by atoms with Gasteiger partial charge in [-0.1, -0.05) is 0 Å². The molecule has 2 aromatic rings. The molecule has 7 heteroatoms. The molecule has 2 atom stereocenters. The van der Waals surface area contributed by atoms with Crippen LogP contribution in [0.5, 0.6) is 0 Å². The molecular weight excluding hydrogens is 304 g/mol. The molecule has 6 nitrogen and oxygen atoms in total. The average Bonchev–Trinajstić information content (AvgIpc) is 3.18. The van der Waals surface area contributed by atoms with Crippen LogP contribution in [-0.4, -0.2) is 28.0 Å². The maximum Gasteiger partial charge on any atom is 0.306 e. The number of carboxylic acids is 1. The van der Waals surface area contributed by atoms with Crippen LogP contribution in [0.3, 0.4) is 0 Å². The number of furan rings is 1. The molecule has 0 spiro atoms. The van der Waals surface area contributed by atoms with Gasteiger partial charge in [-0.3, -0.25) is 9.59 Å². The smallest absolute Gasteiger partial charge is 0.306 e. The summed E-state index contributed by atoms with van der Waals surface area (Å²) in [5.41, 5.74) is 1.61. The van der Waals surface area contributed by atoms with Gasteiger partial charge in [0.05, 0.1) is 24.3 Å². The molecule has 0 radical (unpaired) electrons. The number of aliphatic carboxylic acids is 1. The molecule has 0 unspecified atom stereocenters. The minimum Gasteiger partial charge on any atom is -0.481 e. The van der Waals surface area contributed by atoms with E-state index in [1.54, 1.807) is 12.5 Å². The fraction of sp³-hybridized carbons (Fsp3) is 0.400. The monoisotopic (exact) mass is 320 g/mol. The molecule has 2 aromatic heterocycles. The lowest BCUT2D eigenvalue weighted by Crippen LogP contribution is -2.34. The first-order valence-corrected chi connectivity index (χ1v) is 7.99. The third-order valence-corrected chi connectivity index (χ3v) is 4.75. The molecule has 0 bridgehead atoms. The number of carbonyl (C=O) groups excluding carboxylic acids is 1. The summed E-state index contributed by atoms with van der Waals surface area (Å²) in [7, 11) is 0. The number of rotatable bonds is 5. The maximum atomic E-state index is 12.0. The van der Waals surface area contributed by atoms with E-state index >= 15 is 0 Å². The number of nitrogens with one attached hydrogen (secondary N) is 1. The van der Waals surface area contributed by atoms with Crippen LogP contribution < -0.4 is 5.32 Å². The molecule has 1 fully saturated rings. The molecule has 1 saturated carbocycles. The van der Waals surface area contributed by atoms with E-state index in [0.717, 1.165) is 17.0 Å². The Bertz CT molecular complexity index is 665. The van der Waals surface area contributed by atoms with E-state index < -0.39 is 5.97 Å². The van der Waals surface area contributed by atoms with Crippen LogP contribution in [0.1, 0.15) is 25.0 Å². The standard InChI is InChI=1S/C15H16N2O4S/c18-13(16-11-2-1-9(5-11)15(19)20)6-12-8-22-14(17-12)10-3-4-21-7-10/h3-4,7-9,11H,1-2,5-6H2,(H,16,18)(H,19,20)/t9-,11+/m1/s1. The van der Waals surface area contributed by atoms with Crippen molar-refractivity contribution in [1.29, 1.82) is 0 Å². The highest BCUT2D eigenvalue weighted by Crippen LogP contribution is 2.26. The van der Waals surface area contributed by atoms with Crippen molar-refractivity contribution in [2.45, 2.75) is 31.7 Å². The van der Waals surface area contributed by atoms with E-state index in [4.69, 9.17) is 9.52 Å². The molecule has 0 aromatic carbocycles. The first-order chi connectivity index (χ1) is 10.6. The Hall–Kier alpha value is -2.15. The fourth-order valence-corrected chi connectivity index (χ4v) is 3.49. The normalized spacial score (nSPS) is 20.9. The van der Waals surface area contributed by atoms with Crippen LogP contribution in [0.2, 0.25) is 0 Å². The molecule has 1 aliphatic rings. The highest BCUT2D eigenvalue weighted by Gasteiger charge is 2.30. The first kappa shape index (κ1) is 14.8. The van der Waals surface area contributed by atoms with Gasteiger partial charge in [-0.05, 0) is 25.3 Å². The van der Waals surface area contributed by atoms with Gasteiger partial charge in [-0.25, -0.2) is 4.98 Å². The second-order valence-electron chi connectivity index (χ2n) is 5.45. The third-order valence-electron chi connectivity index (χ3n) is 3.81. The van der Waals surface area contributed by atoms with Crippen molar-refractivity contribution in [3.63, 3.8) is 0 Å². The molecule has 0 saturated heterocycles. The molecule has 0 aliphatic heterocycles. The van der Waals surface area contributed by atoms with Gasteiger partial charge in [0.25, 0.3) is 0 Å². The number of hydrogen-bond acceptors (Lipinski definition) is 5. The molecule has 22 heavy (non-hydrogen) atoms. The van der Waals surface area contributed by atoms with Crippen LogP contribution in [-0.2, 0) is 16.0 Å². The number of carboxylic acid groups (broad SMARTS) is 1. The highest BCUT2D eigenvalue weighted by molar-refractivity contribution is 7.13. The third kappa shape index (κ3) is 3.36. The number of amides is 1. The Morgan fingerprint density at radius 2 is 2.32 bits per heavy atom. The van der Waals surface area contributed by atoms with Gasteiger partial charge in [0.15, 0.2) is 0 Å². The van der Waals surface area contributed by atoms with E-state index in [1.165, 1.54) is 11.3 Å². The summed E-state index contributed by atoms with van der Waals surface area (Å²) in [6.45, 7) is 0. The molecule has 1 amide bonds. The lowest BCUT2D eigenvalue weighted by Gasteiger charge is -2.11. The quantitative estimate of drug-likeness (QED) is 0.882.